The lowest BCUT2D eigenvalue weighted by Gasteiger charge is -2.04. The van der Waals surface area contributed by atoms with Crippen LogP contribution in [0.25, 0.3) is 5.57 Å². The lowest BCUT2D eigenvalue weighted by Crippen LogP contribution is -1.83. The molecular weight excluding hydrogens is 170 g/mol. The van der Waals surface area contributed by atoms with E-state index < -0.39 is 0 Å². The molecule has 0 bridgehead atoms. The molecule has 0 saturated heterocycles. The van der Waals surface area contributed by atoms with Crippen LogP contribution >= 0.6 is 0 Å². The number of rotatable bonds is 3. The third kappa shape index (κ3) is 2.47. The highest BCUT2D eigenvalue weighted by molar-refractivity contribution is 5.65. The maximum Gasteiger partial charge on any atom is 0.0991 e. The summed E-state index contributed by atoms with van der Waals surface area (Å²) in [6.45, 7) is 4.29. The lowest BCUT2D eigenvalue weighted by molar-refractivity contribution is 1.17. The highest BCUT2D eigenvalue weighted by atomic mass is 14.2. The van der Waals surface area contributed by atoms with Gasteiger partial charge in [-0.25, -0.2) is 0 Å². The molecule has 0 aromatic heterocycles. The monoisotopic (exact) mass is 185 g/mol. The summed E-state index contributed by atoms with van der Waals surface area (Å²) in [5.41, 5.74) is 3.31. The average molecular weight is 185 g/mol. The quantitative estimate of drug-likeness (QED) is 0.703. The van der Waals surface area contributed by atoms with E-state index in [1.165, 1.54) is 11.1 Å². The van der Waals surface area contributed by atoms with Gasteiger partial charge in [-0.15, -0.1) is 0 Å². The van der Waals surface area contributed by atoms with Crippen LogP contribution < -0.4 is 0 Å². The number of nitriles is 1. The second kappa shape index (κ2) is 5.24. The molecule has 0 unspecified atom stereocenters. The molecular formula is C13H15N. The summed E-state index contributed by atoms with van der Waals surface area (Å²) >= 11 is 0. The van der Waals surface area contributed by atoms with E-state index in [-0.39, 0.29) is 0 Å². The van der Waals surface area contributed by atoms with E-state index in [4.69, 9.17) is 5.26 Å². The summed E-state index contributed by atoms with van der Waals surface area (Å²) in [6, 6.07) is 9.90. The standard InChI is InChI=1S/C13H15N/c1-3-5-12(4-2)13-8-6-11(10-14)7-9-13/h5-9H,3-4H2,1-2H3/b12-5+. The molecule has 1 heteroatoms. The van der Waals surface area contributed by atoms with Crippen molar-refractivity contribution >= 4 is 5.57 Å². The predicted molar refractivity (Wildman–Crippen MR) is 59.7 cm³/mol. The largest absolute Gasteiger partial charge is 0.192 e. The van der Waals surface area contributed by atoms with Crippen molar-refractivity contribution < 1.29 is 0 Å². The van der Waals surface area contributed by atoms with Gasteiger partial charge in [0.15, 0.2) is 0 Å². The van der Waals surface area contributed by atoms with Crippen LogP contribution in [0.15, 0.2) is 30.3 Å². The van der Waals surface area contributed by atoms with Crippen molar-refractivity contribution in [3.63, 3.8) is 0 Å². The number of allylic oxidation sites excluding steroid dienone is 2. The minimum Gasteiger partial charge on any atom is -0.192 e. The van der Waals surface area contributed by atoms with Crippen molar-refractivity contribution in [1.29, 1.82) is 5.26 Å². The molecule has 0 N–H and O–H groups in total. The number of hydrogen-bond acceptors (Lipinski definition) is 1. The predicted octanol–water partition coefficient (Wildman–Crippen LogP) is 3.76. The van der Waals surface area contributed by atoms with Crippen molar-refractivity contribution in [3.8, 4) is 6.07 Å². The fourth-order valence-electron chi connectivity index (χ4n) is 1.47. The molecule has 0 atom stereocenters. The summed E-state index contributed by atoms with van der Waals surface area (Å²) in [7, 11) is 0. The Morgan fingerprint density at radius 2 is 1.93 bits per heavy atom. The minimum absolute atomic E-state index is 0.723. The van der Waals surface area contributed by atoms with Crippen molar-refractivity contribution in [2.24, 2.45) is 0 Å². The van der Waals surface area contributed by atoms with Crippen molar-refractivity contribution in [1.82, 2.24) is 0 Å². The smallest absolute Gasteiger partial charge is 0.0991 e. The van der Waals surface area contributed by atoms with E-state index >= 15 is 0 Å². The molecule has 1 rings (SSSR count). The second-order valence-corrected chi connectivity index (χ2v) is 3.18. The normalized spacial score (nSPS) is 11.1. The lowest BCUT2D eigenvalue weighted by atomic mass is 10.0. The van der Waals surface area contributed by atoms with Crippen LogP contribution in [0.1, 0.15) is 37.8 Å². The van der Waals surface area contributed by atoms with Crippen LogP contribution in [0.3, 0.4) is 0 Å². The van der Waals surface area contributed by atoms with E-state index in [0.717, 1.165) is 18.4 Å². The fraction of sp³-hybridized carbons (Fsp3) is 0.308. The molecule has 14 heavy (non-hydrogen) atoms. The van der Waals surface area contributed by atoms with E-state index in [1.54, 1.807) is 0 Å². The van der Waals surface area contributed by atoms with Gasteiger partial charge in [0, 0.05) is 0 Å². The summed E-state index contributed by atoms with van der Waals surface area (Å²) in [4.78, 5) is 0. The Labute approximate surface area is 85.7 Å². The third-order valence-electron chi connectivity index (χ3n) is 2.22. The molecule has 0 aliphatic heterocycles. The Morgan fingerprint density at radius 3 is 2.36 bits per heavy atom. The molecule has 0 radical (unpaired) electrons. The summed E-state index contributed by atoms with van der Waals surface area (Å²) in [5, 5.41) is 8.66. The molecule has 72 valence electrons. The van der Waals surface area contributed by atoms with E-state index in [2.05, 4.69) is 26.0 Å². The Hall–Kier alpha value is -1.55. The summed E-state index contributed by atoms with van der Waals surface area (Å²) < 4.78 is 0. The molecule has 1 aromatic rings. The molecule has 0 amide bonds. The zero-order valence-corrected chi connectivity index (χ0v) is 8.75. The van der Waals surface area contributed by atoms with Crippen LogP contribution in [0, 0.1) is 11.3 Å². The number of nitrogens with zero attached hydrogens (tertiary/aromatic N) is 1. The van der Waals surface area contributed by atoms with Crippen LogP contribution in [-0.4, -0.2) is 0 Å². The van der Waals surface area contributed by atoms with Gasteiger partial charge in [-0.2, -0.15) is 5.26 Å². The molecule has 0 heterocycles. The highest BCUT2D eigenvalue weighted by Crippen LogP contribution is 2.18. The van der Waals surface area contributed by atoms with Crippen LogP contribution in [0.4, 0.5) is 0 Å². The SMILES string of the molecule is CC/C=C(\CC)c1ccc(C#N)cc1. The molecule has 0 fully saturated rings. The van der Waals surface area contributed by atoms with Crippen LogP contribution in [0.2, 0.25) is 0 Å². The van der Waals surface area contributed by atoms with Gasteiger partial charge in [0.2, 0.25) is 0 Å². The van der Waals surface area contributed by atoms with Gasteiger partial charge in [-0.3, -0.25) is 0 Å². The molecule has 1 aromatic carbocycles. The third-order valence-corrected chi connectivity index (χ3v) is 2.22. The first kappa shape index (κ1) is 10.5. The maximum atomic E-state index is 8.66. The van der Waals surface area contributed by atoms with Gasteiger partial charge >= 0.3 is 0 Å². The topological polar surface area (TPSA) is 23.8 Å². The maximum absolute atomic E-state index is 8.66. The van der Waals surface area contributed by atoms with Crippen molar-refractivity contribution in [2.75, 3.05) is 0 Å². The molecule has 0 aliphatic rings. The zero-order valence-electron chi connectivity index (χ0n) is 8.75. The summed E-state index contributed by atoms with van der Waals surface area (Å²) in [6.07, 6.45) is 4.34. The summed E-state index contributed by atoms with van der Waals surface area (Å²) in [5.74, 6) is 0. The Bertz CT molecular complexity index is 352. The zero-order chi connectivity index (χ0) is 10.4. The van der Waals surface area contributed by atoms with E-state index in [9.17, 15) is 0 Å². The van der Waals surface area contributed by atoms with Gasteiger partial charge in [0.05, 0.1) is 11.6 Å². The van der Waals surface area contributed by atoms with Gasteiger partial charge in [-0.1, -0.05) is 32.1 Å². The van der Waals surface area contributed by atoms with Crippen molar-refractivity contribution in [3.05, 3.63) is 41.5 Å². The Balaban J connectivity index is 2.96. The first-order valence-electron chi connectivity index (χ1n) is 5.01. The fourth-order valence-corrected chi connectivity index (χ4v) is 1.47. The Kier molecular flexibility index (Phi) is 3.94. The van der Waals surface area contributed by atoms with Gasteiger partial charge in [0.1, 0.15) is 0 Å². The highest BCUT2D eigenvalue weighted by Gasteiger charge is 1.98. The second-order valence-electron chi connectivity index (χ2n) is 3.18. The van der Waals surface area contributed by atoms with Crippen molar-refractivity contribution in [2.45, 2.75) is 26.7 Å². The first-order chi connectivity index (χ1) is 6.81. The first-order valence-corrected chi connectivity index (χ1v) is 5.01. The molecule has 1 nitrogen and oxygen atoms in total. The van der Waals surface area contributed by atoms with E-state index in [1.807, 2.05) is 24.3 Å². The number of benzene rings is 1. The van der Waals surface area contributed by atoms with Crippen LogP contribution in [-0.2, 0) is 0 Å². The Morgan fingerprint density at radius 1 is 1.29 bits per heavy atom. The van der Waals surface area contributed by atoms with E-state index in [0.29, 0.717) is 0 Å². The molecule has 0 aliphatic carbocycles. The minimum atomic E-state index is 0.723. The molecule has 0 spiro atoms. The van der Waals surface area contributed by atoms with Gasteiger partial charge in [0.25, 0.3) is 0 Å². The van der Waals surface area contributed by atoms with Gasteiger partial charge < -0.3 is 0 Å². The van der Waals surface area contributed by atoms with Gasteiger partial charge in [-0.05, 0) is 36.1 Å². The molecule has 0 saturated carbocycles. The average Bonchev–Trinajstić information content (AvgIpc) is 2.26. The number of hydrogen-bond donors (Lipinski definition) is 0. The van der Waals surface area contributed by atoms with Crippen LogP contribution in [0.5, 0.6) is 0 Å².